The number of rotatable bonds is 4. The van der Waals surface area contributed by atoms with Crippen LogP contribution in [-0.4, -0.2) is 91.2 Å². The highest BCUT2D eigenvalue weighted by atomic mass is 19.4. The molecule has 4 heterocycles. The second-order valence-electron chi connectivity index (χ2n) is 8.87. The van der Waals surface area contributed by atoms with Crippen molar-refractivity contribution in [3.8, 4) is 0 Å². The molecule has 2 aliphatic rings. The number of carboxylic acids is 2. The summed E-state index contributed by atoms with van der Waals surface area (Å²) >= 11 is 0. The van der Waals surface area contributed by atoms with Gasteiger partial charge < -0.3 is 20.3 Å². The van der Waals surface area contributed by atoms with E-state index in [-0.39, 0.29) is 12.1 Å². The number of aromatic nitrogens is 4. The average Bonchev–Trinajstić information content (AvgIpc) is 3.24. The fraction of sp³-hybridized carbons (Fsp3) is 0.591. The Morgan fingerprint density at radius 3 is 2.18 bits per heavy atom. The molecule has 3 N–H and O–H groups in total. The Morgan fingerprint density at radius 2 is 1.69 bits per heavy atom. The molecule has 0 aromatic carbocycles. The molecule has 2 saturated heterocycles. The predicted octanol–water partition coefficient (Wildman–Crippen LogP) is 2.88. The summed E-state index contributed by atoms with van der Waals surface area (Å²) in [6.45, 7) is 5.76. The number of anilines is 1. The largest absolute Gasteiger partial charge is 0.490 e. The summed E-state index contributed by atoms with van der Waals surface area (Å²) in [5, 5.41) is 30.5. The molecule has 11 nitrogen and oxygen atoms in total. The number of aryl methyl sites for hydroxylation is 2. The van der Waals surface area contributed by atoms with Crippen LogP contribution in [0.25, 0.3) is 0 Å². The van der Waals surface area contributed by atoms with Crippen LogP contribution in [0.5, 0.6) is 0 Å². The average molecular weight is 570 g/mol. The maximum atomic E-state index is 10.6. The van der Waals surface area contributed by atoms with Gasteiger partial charge in [-0.2, -0.15) is 36.5 Å². The first-order valence-corrected chi connectivity index (χ1v) is 11.5. The van der Waals surface area contributed by atoms with E-state index in [1.54, 1.807) is 0 Å². The SMILES string of the molecule is Cc1ccc(N[C@@H]2CN(Cc3cnn(C)c3)C[C@@H]3CCCO[C@@H]32)nn1.O=C(O)C(F)(F)F.O=C(O)C(F)(F)F. The molecule has 0 aliphatic carbocycles. The molecule has 0 spiro atoms. The third kappa shape index (κ3) is 10.7. The van der Waals surface area contributed by atoms with Crippen molar-refractivity contribution in [3.05, 3.63) is 35.8 Å². The van der Waals surface area contributed by atoms with Gasteiger partial charge in [0, 0.05) is 45.0 Å². The molecule has 17 heteroatoms. The van der Waals surface area contributed by atoms with Gasteiger partial charge >= 0.3 is 24.3 Å². The van der Waals surface area contributed by atoms with E-state index in [1.165, 1.54) is 12.0 Å². The molecule has 218 valence electrons. The second kappa shape index (κ2) is 13.5. The van der Waals surface area contributed by atoms with Gasteiger partial charge in [0.1, 0.15) is 5.82 Å². The first-order chi connectivity index (χ1) is 18.1. The van der Waals surface area contributed by atoms with Gasteiger partial charge in [0.2, 0.25) is 0 Å². The number of alkyl halides is 6. The zero-order valence-electron chi connectivity index (χ0n) is 20.9. The van der Waals surface area contributed by atoms with E-state index < -0.39 is 24.3 Å². The summed E-state index contributed by atoms with van der Waals surface area (Å²) in [6, 6.07) is 4.22. The van der Waals surface area contributed by atoms with E-state index in [9.17, 15) is 26.3 Å². The number of likely N-dealkylation sites (tertiary alicyclic amines) is 1. The van der Waals surface area contributed by atoms with E-state index in [0.29, 0.717) is 5.92 Å². The zero-order chi connectivity index (χ0) is 29.4. The van der Waals surface area contributed by atoms with E-state index in [2.05, 4.69) is 31.7 Å². The molecule has 2 fully saturated rings. The van der Waals surface area contributed by atoms with Gasteiger partial charge in [-0.05, 0) is 37.8 Å². The molecule has 39 heavy (non-hydrogen) atoms. The monoisotopic (exact) mass is 570 g/mol. The lowest BCUT2D eigenvalue weighted by Gasteiger charge is -2.46. The molecule has 2 aliphatic heterocycles. The highest BCUT2D eigenvalue weighted by molar-refractivity contribution is 5.73. The highest BCUT2D eigenvalue weighted by Crippen LogP contribution is 2.30. The van der Waals surface area contributed by atoms with Gasteiger partial charge in [-0.1, -0.05) is 0 Å². The van der Waals surface area contributed by atoms with E-state index in [1.807, 2.05) is 37.0 Å². The summed E-state index contributed by atoms with van der Waals surface area (Å²) < 4.78 is 71.5. The minimum Gasteiger partial charge on any atom is -0.475 e. The maximum Gasteiger partial charge on any atom is 0.490 e. The summed E-state index contributed by atoms with van der Waals surface area (Å²) in [4.78, 5) is 20.3. The summed E-state index contributed by atoms with van der Waals surface area (Å²) in [6.07, 6.45) is -3.48. The molecular weight excluding hydrogens is 542 g/mol. The van der Waals surface area contributed by atoms with Crippen LogP contribution in [0, 0.1) is 12.8 Å². The van der Waals surface area contributed by atoms with E-state index in [4.69, 9.17) is 24.5 Å². The fourth-order valence-corrected chi connectivity index (χ4v) is 4.03. The van der Waals surface area contributed by atoms with Crippen molar-refractivity contribution in [1.82, 2.24) is 24.9 Å². The van der Waals surface area contributed by atoms with Gasteiger partial charge in [-0.25, -0.2) is 9.59 Å². The molecular formula is C22H28F6N6O5. The Morgan fingerprint density at radius 1 is 1.08 bits per heavy atom. The van der Waals surface area contributed by atoms with Crippen LogP contribution < -0.4 is 5.32 Å². The van der Waals surface area contributed by atoms with Gasteiger partial charge in [0.25, 0.3) is 0 Å². The van der Waals surface area contributed by atoms with E-state index in [0.717, 1.165) is 44.2 Å². The Labute approximate surface area is 218 Å². The minimum absolute atomic E-state index is 0.229. The number of ether oxygens (including phenoxy) is 1. The van der Waals surface area contributed by atoms with Crippen molar-refractivity contribution in [1.29, 1.82) is 0 Å². The first-order valence-electron chi connectivity index (χ1n) is 11.5. The summed E-state index contributed by atoms with van der Waals surface area (Å²) in [5.41, 5.74) is 2.19. The molecule has 0 saturated carbocycles. The number of halogens is 6. The van der Waals surface area contributed by atoms with Crippen LogP contribution >= 0.6 is 0 Å². The number of piperidine rings is 1. The number of hydrogen-bond donors (Lipinski definition) is 3. The molecule has 0 radical (unpaired) electrons. The van der Waals surface area contributed by atoms with Crippen molar-refractivity contribution in [2.45, 2.75) is 50.8 Å². The van der Waals surface area contributed by atoms with Gasteiger partial charge in [0.15, 0.2) is 0 Å². The number of nitrogens with zero attached hydrogens (tertiary/aromatic N) is 5. The van der Waals surface area contributed by atoms with Crippen LogP contribution in [0.3, 0.4) is 0 Å². The van der Waals surface area contributed by atoms with Crippen molar-refractivity contribution in [2.75, 3.05) is 25.0 Å². The Balaban J connectivity index is 0.000000317. The number of nitrogens with one attached hydrogen (secondary N) is 1. The van der Waals surface area contributed by atoms with Crippen molar-refractivity contribution < 1.29 is 50.9 Å². The van der Waals surface area contributed by atoms with Crippen molar-refractivity contribution in [2.24, 2.45) is 13.0 Å². The third-order valence-corrected chi connectivity index (χ3v) is 5.62. The Hall–Kier alpha value is -3.47. The lowest BCUT2D eigenvalue weighted by molar-refractivity contribution is -0.193. The smallest absolute Gasteiger partial charge is 0.475 e. The summed E-state index contributed by atoms with van der Waals surface area (Å²) in [5.74, 6) is -4.12. The van der Waals surface area contributed by atoms with Crippen LogP contribution in [0.1, 0.15) is 24.1 Å². The van der Waals surface area contributed by atoms with Crippen LogP contribution in [0.15, 0.2) is 24.5 Å². The predicted molar refractivity (Wildman–Crippen MR) is 123 cm³/mol. The van der Waals surface area contributed by atoms with E-state index >= 15 is 0 Å². The lowest BCUT2D eigenvalue weighted by Crippen LogP contribution is -2.57. The number of aliphatic carboxylic acids is 2. The second-order valence-corrected chi connectivity index (χ2v) is 8.87. The van der Waals surface area contributed by atoms with Crippen molar-refractivity contribution >= 4 is 17.8 Å². The van der Waals surface area contributed by atoms with Crippen LogP contribution in [0.2, 0.25) is 0 Å². The highest BCUT2D eigenvalue weighted by Gasteiger charge is 2.40. The molecule has 4 rings (SSSR count). The number of carboxylic acid groups (broad SMARTS) is 2. The van der Waals surface area contributed by atoms with Crippen LogP contribution in [0.4, 0.5) is 32.2 Å². The lowest BCUT2D eigenvalue weighted by atomic mass is 9.85. The topological polar surface area (TPSA) is 143 Å². The number of hydrogen-bond acceptors (Lipinski definition) is 8. The first kappa shape index (κ1) is 31.7. The maximum absolute atomic E-state index is 10.6. The van der Waals surface area contributed by atoms with Crippen molar-refractivity contribution in [3.63, 3.8) is 0 Å². The number of carbonyl (C=O) groups is 2. The quantitative estimate of drug-likeness (QED) is 0.470. The molecule has 3 atom stereocenters. The molecule has 2 aromatic heterocycles. The summed E-state index contributed by atoms with van der Waals surface area (Å²) in [7, 11) is 1.96. The minimum atomic E-state index is -5.08. The molecule has 0 unspecified atom stereocenters. The number of fused-ring (bicyclic) bond motifs is 1. The Kier molecular flexibility index (Phi) is 11.0. The molecule has 0 bridgehead atoms. The van der Waals surface area contributed by atoms with Crippen LogP contribution in [-0.2, 0) is 27.9 Å². The van der Waals surface area contributed by atoms with Gasteiger partial charge in [-0.3, -0.25) is 9.58 Å². The molecule has 0 amide bonds. The fourth-order valence-electron chi connectivity index (χ4n) is 4.03. The standard InChI is InChI=1S/C18H26N6O.2C2HF3O2/c1-13-5-6-17(22-21-13)20-16-12-24(10-14-8-19-23(2)9-14)11-15-4-3-7-25-18(15)16;2*3-2(4,5)1(6)7/h5-6,8-9,15-16,18H,3-4,7,10-12H2,1-2H3,(H,20,22);2*(H,6,7)/t15-,16+,18-;;/m0../s1. The zero-order valence-corrected chi connectivity index (χ0v) is 20.9. The van der Waals surface area contributed by atoms with Gasteiger partial charge in [0.05, 0.1) is 24.0 Å². The third-order valence-electron chi connectivity index (χ3n) is 5.62. The van der Waals surface area contributed by atoms with Gasteiger partial charge in [-0.15, -0.1) is 5.10 Å². The normalized spacial score (nSPS) is 21.4. The Bertz CT molecular complexity index is 1050. The molecule has 2 aromatic rings.